The van der Waals surface area contributed by atoms with Crippen LogP contribution < -0.4 is 0 Å². The highest BCUT2D eigenvalue weighted by atomic mass is 16.1. The number of nitrogens with zero attached hydrogens (tertiary/aromatic N) is 1. The van der Waals surface area contributed by atoms with Crippen LogP contribution in [0.3, 0.4) is 0 Å². The van der Waals surface area contributed by atoms with Crippen LogP contribution in [0.5, 0.6) is 0 Å². The summed E-state index contributed by atoms with van der Waals surface area (Å²) in [6.07, 6.45) is 4.56. The lowest BCUT2D eigenvalue weighted by molar-refractivity contribution is 0.0977. The molecule has 1 heterocycles. The quantitative estimate of drug-likeness (QED) is 0.641. The molecule has 0 aliphatic heterocycles. The first kappa shape index (κ1) is 6.99. The molecule has 0 aromatic carbocycles. The first-order valence-electron chi connectivity index (χ1n) is 3.36. The zero-order valence-corrected chi connectivity index (χ0v) is 5.92. The third-order valence-corrected chi connectivity index (χ3v) is 1.28. The molecule has 1 N–H and O–H groups in total. The zero-order valence-electron chi connectivity index (χ0n) is 5.92. The molecule has 0 amide bonds. The van der Waals surface area contributed by atoms with Crippen LogP contribution in [0.25, 0.3) is 0 Å². The summed E-state index contributed by atoms with van der Waals surface area (Å²) in [7, 11) is 0. The van der Waals surface area contributed by atoms with Crippen LogP contribution in [0.15, 0.2) is 12.5 Å². The van der Waals surface area contributed by atoms with Gasteiger partial charge in [0, 0.05) is 6.42 Å². The van der Waals surface area contributed by atoms with Gasteiger partial charge in [-0.05, 0) is 6.42 Å². The van der Waals surface area contributed by atoms with Crippen molar-refractivity contribution >= 4 is 5.78 Å². The van der Waals surface area contributed by atoms with Crippen molar-refractivity contribution in [2.24, 2.45) is 0 Å². The van der Waals surface area contributed by atoms with Gasteiger partial charge in [0.2, 0.25) is 0 Å². The van der Waals surface area contributed by atoms with Gasteiger partial charge in [-0.2, -0.15) is 0 Å². The van der Waals surface area contributed by atoms with E-state index in [2.05, 4.69) is 9.97 Å². The Hall–Kier alpha value is -1.12. The molecule has 3 nitrogen and oxygen atoms in total. The van der Waals surface area contributed by atoms with Crippen molar-refractivity contribution in [3.63, 3.8) is 0 Å². The van der Waals surface area contributed by atoms with Crippen LogP contribution in [0.1, 0.15) is 30.3 Å². The number of carbonyl (C=O) groups is 1. The van der Waals surface area contributed by atoms with Gasteiger partial charge in [0.15, 0.2) is 5.78 Å². The minimum atomic E-state index is 0.139. The normalized spacial score (nSPS) is 9.70. The van der Waals surface area contributed by atoms with Gasteiger partial charge in [-0.25, -0.2) is 4.98 Å². The molecule has 0 unspecified atom stereocenters. The van der Waals surface area contributed by atoms with Crippen molar-refractivity contribution in [2.75, 3.05) is 0 Å². The second-order valence-electron chi connectivity index (χ2n) is 2.14. The van der Waals surface area contributed by atoms with Gasteiger partial charge < -0.3 is 4.98 Å². The zero-order chi connectivity index (χ0) is 7.40. The van der Waals surface area contributed by atoms with Crippen molar-refractivity contribution in [3.05, 3.63) is 18.2 Å². The maximum Gasteiger partial charge on any atom is 0.180 e. The maximum atomic E-state index is 11.0. The van der Waals surface area contributed by atoms with Gasteiger partial charge in [-0.3, -0.25) is 4.79 Å². The largest absolute Gasteiger partial charge is 0.342 e. The molecule has 10 heavy (non-hydrogen) atoms. The molecule has 0 aliphatic rings. The van der Waals surface area contributed by atoms with Crippen molar-refractivity contribution in [2.45, 2.75) is 19.8 Å². The van der Waals surface area contributed by atoms with Crippen molar-refractivity contribution in [1.29, 1.82) is 0 Å². The fourth-order valence-electron chi connectivity index (χ4n) is 0.770. The number of aromatic nitrogens is 2. The number of H-pyrrole nitrogens is 1. The number of imidazole rings is 1. The van der Waals surface area contributed by atoms with Gasteiger partial charge in [0.25, 0.3) is 0 Å². The summed E-state index contributed by atoms with van der Waals surface area (Å²) in [6, 6.07) is 0. The standard InChI is InChI=1S/C7H10N2O/c1-2-3-7(10)6-4-8-5-9-6/h4-5H,2-3H2,1H3,(H,8,9). The van der Waals surface area contributed by atoms with Gasteiger partial charge in [0.05, 0.1) is 12.5 Å². The molecule has 0 radical (unpaired) electrons. The van der Waals surface area contributed by atoms with E-state index in [1.165, 1.54) is 6.33 Å². The topological polar surface area (TPSA) is 45.8 Å². The monoisotopic (exact) mass is 138 g/mol. The van der Waals surface area contributed by atoms with Crippen LogP contribution in [-0.4, -0.2) is 15.8 Å². The molecule has 0 bridgehead atoms. The summed E-state index contributed by atoms with van der Waals surface area (Å²) in [4.78, 5) is 17.5. The molecule has 0 fully saturated rings. The predicted octanol–water partition coefficient (Wildman–Crippen LogP) is 1.39. The minimum Gasteiger partial charge on any atom is -0.342 e. The van der Waals surface area contributed by atoms with E-state index in [9.17, 15) is 4.79 Å². The second-order valence-corrected chi connectivity index (χ2v) is 2.14. The number of Topliss-reactive ketones (excluding diaryl/α,β-unsaturated/α-hetero) is 1. The average Bonchev–Trinajstić information content (AvgIpc) is 2.38. The average molecular weight is 138 g/mol. The molecule has 3 heteroatoms. The Labute approximate surface area is 59.5 Å². The summed E-state index contributed by atoms with van der Waals surface area (Å²) in [6.45, 7) is 1.98. The smallest absolute Gasteiger partial charge is 0.180 e. The molecule has 1 aromatic heterocycles. The van der Waals surface area contributed by atoms with E-state index >= 15 is 0 Å². The van der Waals surface area contributed by atoms with Crippen LogP contribution in [0.4, 0.5) is 0 Å². The Kier molecular flexibility index (Phi) is 2.20. The summed E-state index contributed by atoms with van der Waals surface area (Å²) in [5.41, 5.74) is 0.613. The van der Waals surface area contributed by atoms with Crippen LogP contribution >= 0.6 is 0 Å². The predicted molar refractivity (Wildman–Crippen MR) is 37.8 cm³/mol. The molecule has 0 saturated heterocycles. The highest BCUT2D eigenvalue weighted by Crippen LogP contribution is 1.99. The fraction of sp³-hybridized carbons (Fsp3) is 0.429. The van der Waals surface area contributed by atoms with Gasteiger partial charge in [0.1, 0.15) is 5.69 Å². The Bertz CT molecular complexity index is 203. The minimum absolute atomic E-state index is 0.139. The first-order valence-corrected chi connectivity index (χ1v) is 3.36. The Morgan fingerprint density at radius 3 is 3.10 bits per heavy atom. The van der Waals surface area contributed by atoms with Crippen molar-refractivity contribution in [3.8, 4) is 0 Å². The summed E-state index contributed by atoms with van der Waals surface area (Å²) in [5, 5.41) is 0. The summed E-state index contributed by atoms with van der Waals surface area (Å²) < 4.78 is 0. The van der Waals surface area contributed by atoms with E-state index < -0.39 is 0 Å². The molecule has 1 rings (SSSR count). The number of hydrogen-bond acceptors (Lipinski definition) is 2. The number of aromatic amines is 1. The molecule has 0 spiro atoms. The van der Waals surface area contributed by atoms with Crippen LogP contribution in [0, 0.1) is 0 Å². The lowest BCUT2D eigenvalue weighted by Crippen LogP contribution is -1.97. The Morgan fingerprint density at radius 2 is 2.60 bits per heavy atom. The lowest BCUT2D eigenvalue weighted by Gasteiger charge is -1.90. The highest BCUT2D eigenvalue weighted by molar-refractivity contribution is 5.93. The third kappa shape index (κ3) is 1.43. The maximum absolute atomic E-state index is 11.0. The number of ketones is 1. The molecule has 0 atom stereocenters. The van der Waals surface area contributed by atoms with Crippen LogP contribution in [-0.2, 0) is 0 Å². The number of carbonyl (C=O) groups excluding carboxylic acids is 1. The van der Waals surface area contributed by atoms with E-state index in [1.54, 1.807) is 6.20 Å². The Balaban J connectivity index is 2.59. The highest BCUT2D eigenvalue weighted by Gasteiger charge is 2.03. The molecular weight excluding hydrogens is 128 g/mol. The van der Waals surface area contributed by atoms with E-state index in [4.69, 9.17) is 0 Å². The lowest BCUT2D eigenvalue weighted by atomic mass is 10.2. The van der Waals surface area contributed by atoms with Crippen molar-refractivity contribution < 1.29 is 4.79 Å². The van der Waals surface area contributed by atoms with Gasteiger partial charge >= 0.3 is 0 Å². The van der Waals surface area contributed by atoms with E-state index in [0.29, 0.717) is 12.1 Å². The van der Waals surface area contributed by atoms with Crippen LogP contribution in [0.2, 0.25) is 0 Å². The molecule has 0 saturated carbocycles. The first-order chi connectivity index (χ1) is 4.84. The van der Waals surface area contributed by atoms with E-state index in [1.807, 2.05) is 6.92 Å². The third-order valence-electron chi connectivity index (χ3n) is 1.28. The van der Waals surface area contributed by atoms with Crippen molar-refractivity contribution in [1.82, 2.24) is 9.97 Å². The van der Waals surface area contributed by atoms with Gasteiger partial charge in [-0.15, -0.1) is 0 Å². The molecule has 54 valence electrons. The Morgan fingerprint density at radius 1 is 1.80 bits per heavy atom. The molecular formula is C7H10N2O. The number of rotatable bonds is 3. The SMILES string of the molecule is CCCC(=O)c1cnc[nH]1. The fourth-order valence-corrected chi connectivity index (χ4v) is 0.770. The number of hydrogen-bond donors (Lipinski definition) is 1. The van der Waals surface area contributed by atoms with Gasteiger partial charge in [-0.1, -0.05) is 6.92 Å². The number of nitrogens with one attached hydrogen (secondary N) is 1. The van der Waals surface area contributed by atoms with E-state index in [-0.39, 0.29) is 5.78 Å². The summed E-state index contributed by atoms with van der Waals surface area (Å²) in [5.74, 6) is 0.139. The van der Waals surface area contributed by atoms with E-state index in [0.717, 1.165) is 6.42 Å². The molecule has 1 aromatic rings. The summed E-state index contributed by atoms with van der Waals surface area (Å²) >= 11 is 0. The molecule has 0 aliphatic carbocycles. The second kappa shape index (κ2) is 3.15.